The number of hydrogen-bond donors (Lipinski definition) is 0. The second kappa shape index (κ2) is 32.0. The third-order valence-corrected chi connectivity index (χ3v) is 5.87. The first kappa shape index (κ1) is 57.3. The standard InChI is InChI=1S/4C12H17O2.Li.Sm/c4*1-9(2)13-11-6-5-7-12(8-11)14-10(3)4;;/h4*5-7,9-10H,1-4H3;;/q4*-1;+1;+3. The Balaban J connectivity index is 0. The summed E-state index contributed by atoms with van der Waals surface area (Å²) in [5.74, 6) is 5.88. The average molecular weight is 930 g/mol. The molecule has 4 rings (SSSR count). The Hall–Kier alpha value is -2.78. The number of hydrogen-bond acceptors (Lipinski definition) is 8. The van der Waals surface area contributed by atoms with Gasteiger partial charge in [-0.3, -0.25) is 0 Å². The first-order valence-corrected chi connectivity index (χ1v) is 19.7. The molecule has 0 aliphatic carbocycles. The molecule has 0 unspecified atom stereocenters. The minimum Gasteiger partial charge on any atom is -0.517 e. The first-order valence-electron chi connectivity index (χ1n) is 19.7. The molecule has 0 aliphatic rings. The van der Waals surface area contributed by atoms with Crippen molar-refractivity contribution in [1.82, 2.24) is 0 Å². The maximum Gasteiger partial charge on any atom is 3.00 e. The molecule has 0 atom stereocenters. The van der Waals surface area contributed by atoms with Gasteiger partial charge in [0.15, 0.2) is 0 Å². The second-order valence-corrected chi connectivity index (χ2v) is 14.8. The molecule has 1 radical (unpaired) electrons. The quantitative estimate of drug-likeness (QED) is 0.0815. The van der Waals surface area contributed by atoms with Gasteiger partial charge in [-0.25, -0.2) is 0 Å². The second-order valence-electron chi connectivity index (χ2n) is 14.8. The summed E-state index contributed by atoms with van der Waals surface area (Å²) in [7, 11) is 0. The molecular weight excluding hydrogens is 862 g/mol. The molecule has 0 fully saturated rings. The smallest absolute Gasteiger partial charge is 0.517 e. The average Bonchev–Trinajstić information content (AvgIpc) is 3.04. The van der Waals surface area contributed by atoms with Crippen molar-refractivity contribution in [3.8, 4) is 46.0 Å². The summed E-state index contributed by atoms with van der Waals surface area (Å²) in [5, 5.41) is 0. The molecule has 0 saturated heterocycles. The van der Waals surface area contributed by atoms with E-state index < -0.39 is 0 Å². The summed E-state index contributed by atoms with van der Waals surface area (Å²) >= 11 is 0. The normalized spacial score (nSPS) is 10.3. The zero-order valence-corrected chi connectivity index (χ0v) is 40.8. The van der Waals surface area contributed by atoms with Crippen LogP contribution >= 0.6 is 0 Å². The van der Waals surface area contributed by atoms with Crippen molar-refractivity contribution >= 4 is 0 Å². The molecule has 58 heavy (non-hydrogen) atoms. The van der Waals surface area contributed by atoms with Gasteiger partial charge in [0.1, 0.15) is 0 Å². The van der Waals surface area contributed by atoms with Crippen molar-refractivity contribution < 1.29 is 97.1 Å². The molecule has 4 aromatic carbocycles. The maximum absolute atomic E-state index is 5.50. The van der Waals surface area contributed by atoms with E-state index in [1.54, 1.807) is 0 Å². The molecule has 0 heterocycles. The van der Waals surface area contributed by atoms with Crippen molar-refractivity contribution in [1.29, 1.82) is 0 Å². The van der Waals surface area contributed by atoms with Crippen molar-refractivity contribution in [3.05, 3.63) is 97.1 Å². The van der Waals surface area contributed by atoms with Gasteiger partial charge in [-0.05, 0) is 111 Å². The fourth-order valence-corrected chi connectivity index (χ4v) is 4.29. The minimum atomic E-state index is 0. The zero-order valence-electron chi connectivity index (χ0n) is 38.2. The fraction of sp³-hybridized carbons (Fsp3) is 0.500. The molecule has 0 N–H and O–H groups in total. The SMILES string of the molecule is CC(C)Oc1[c-]c(OC(C)C)ccc1.CC(C)Oc1[c-]c(OC(C)C)ccc1.CC(C)Oc1[c-]c(OC(C)C)ccc1.CC(C)Oc1[c-]c(OC(C)C)ccc1.[Li+].[Sm+3]. The predicted molar refractivity (Wildman–Crippen MR) is 227 cm³/mol. The summed E-state index contributed by atoms with van der Waals surface area (Å²) < 4.78 is 44.0. The van der Waals surface area contributed by atoms with Crippen molar-refractivity contribution in [2.45, 2.75) is 160 Å². The van der Waals surface area contributed by atoms with Crippen LogP contribution in [0.4, 0.5) is 0 Å². The number of rotatable bonds is 16. The maximum atomic E-state index is 5.50. The van der Waals surface area contributed by atoms with Crippen LogP contribution in [0.3, 0.4) is 0 Å². The molecule has 0 saturated carbocycles. The summed E-state index contributed by atoms with van der Waals surface area (Å²) in [6.45, 7) is 31.8. The van der Waals surface area contributed by atoms with Gasteiger partial charge in [0.05, 0.1) is 48.8 Å². The Morgan fingerprint density at radius 3 is 0.448 bits per heavy atom. The molecule has 0 bridgehead atoms. The fourth-order valence-electron chi connectivity index (χ4n) is 4.29. The van der Waals surface area contributed by atoms with Gasteiger partial charge in [0, 0.05) is 46.0 Å². The molecule has 0 amide bonds. The van der Waals surface area contributed by atoms with Crippen molar-refractivity contribution in [3.63, 3.8) is 0 Å². The monoisotopic (exact) mass is 931 g/mol. The molecule has 0 aromatic heterocycles. The Morgan fingerprint density at radius 2 is 0.362 bits per heavy atom. The van der Waals surface area contributed by atoms with Gasteiger partial charge < -0.3 is 37.9 Å². The van der Waals surface area contributed by atoms with Crippen LogP contribution in [0.2, 0.25) is 0 Å². The molecule has 315 valence electrons. The van der Waals surface area contributed by atoms with E-state index in [0.717, 1.165) is 46.0 Å². The molecule has 0 aliphatic heterocycles. The minimum absolute atomic E-state index is 0. The summed E-state index contributed by atoms with van der Waals surface area (Å²) in [4.78, 5) is 0. The third-order valence-electron chi connectivity index (χ3n) is 5.87. The van der Waals surface area contributed by atoms with E-state index in [1.807, 2.05) is 184 Å². The largest absolute Gasteiger partial charge is 3.00 e. The van der Waals surface area contributed by atoms with Crippen LogP contribution in [0.1, 0.15) is 111 Å². The molecule has 4 aromatic rings. The van der Waals surface area contributed by atoms with Crippen LogP contribution in [-0.2, 0) is 0 Å². The van der Waals surface area contributed by atoms with Gasteiger partial charge in [0.2, 0.25) is 0 Å². The molecular formula is C48H68LiO8Sm. The zero-order chi connectivity index (χ0) is 42.2. The summed E-state index contributed by atoms with van der Waals surface area (Å²) in [6.07, 6.45) is 1.34. The summed E-state index contributed by atoms with van der Waals surface area (Å²) in [5.41, 5.74) is 0. The summed E-state index contributed by atoms with van der Waals surface area (Å²) in [6, 6.07) is 34.9. The van der Waals surface area contributed by atoms with Crippen LogP contribution in [0, 0.1) is 64.7 Å². The predicted octanol–water partition coefficient (Wildman–Crippen LogP) is 9.25. The van der Waals surface area contributed by atoms with Gasteiger partial charge in [-0.15, -0.1) is 48.5 Å². The number of ether oxygens (including phenoxy) is 8. The van der Waals surface area contributed by atoms with E-state index in [0.29, 0.717) is 0 Å². The van der Waals surface area contributed by atoms with Crippen molar-refractivity contribution in [2.24, 2.45) is 0 Å². The van der Waals surface area contributed by atoms with Crippen LogP contribution < -0.4 is 56.8 Å². The first-order chi connectivity index (χ1) is 26.3. The van der Waals surface area contributed by atoms with Crippen LogP contribution in [-0.4, -0.2) is 48.8 Å². The van der Waals surface area contributed by atoms with E-state index in [9.17, 15) is 0 Å². The van der Waals surface area contributed by atoms with E-state index in [1.165, 1.54) is 0 Å². The van der Waals surface area contributed by atoms with E-state index in [4.69, 9.17) is 37.9 Å². The van der Waals surface area contributed by atoms with Crippen LogP contribution in [0.25, 0.3) is 0 Å². The third kappa shape index (κ3) is 30.3. The van der Waals surface area contributed by atoms with Crippen LogP contribution in [0.5, 0.6) is 46.0 Å². The van der Waals surface area contributed by atoms with Crippen LogP contribution in [0.15, 0.2) is 72.8 Å². The Bertz CT molecular complexity index is 1270. The van der Waals surface area contributed by atoms with E-state index in [2.05, 4.69) is 24.3 Å². The van der Waals surface area contributed by atoms with Gasteiger partial charge in [-0.2, -0.15) is 24.3 Å². The van der Waals surface area contributed by atoms with E-state index >= 15 is 0 Å². The Morgan fingerprint density at radius 1 is 0.259 bits per heavy atom. The van der Waals surface area contributed by atoms with Gasteiger partial charge in [0.25, 0.3) is 0 Å². The van der Waals surface area contributed by atoms with Gasteiger partial charge in [-0.1, -0.05) is 24.3 Å². The number of benzene rings is 4. The molecule has 10 heteroatoms. The van der Waals surface area contributed by atoms with Gasteiger partial charge >= 0.3 is 59.2 Å². The Kier molecular flexibility index (Phi) is 31.7. The molecule has 0 spiro atoms. The molecule has 8 nitrogen and oxygen atoms in total. The Labute approximate surface area is 396 Å². The topological polar surface area (TPSA) is 73.8 Å². The van der Waals surface area contributed by atoms with E-state index in [-0.39, 0.29) is 108 Å². The van der Waals surface area contributed by atoms with Crippen molar-refractivity contribution in [2.75, 3.05) is 0 Å².